The van der Waals surface area contributed by atoms with Gasteiger partial charge in [-0.3, -0.25) is 14.9 Å². The van der Waals surface area contributed by atoms with Gasteiger partial charge in [-0.25, -0.2) is 0 Å². The molecular formula is C13H15NO4S. The predicted octanol–water partition coefficient (Wildman–Crippen LogP) is 3.07. The third-order valence-corrected chi connectivity index (χ3v) is 4.35. The van der Waals surface area contributed by atoms with Crippen molar-refractivity contribution in [2.24, 2.45) is 0 Å². The molecule has 1 heterocycles. The number of nitro groups is 1. The number of hydrogen-bond donors (Lipinski definition) is 0. The molecule has 0 aliphatic carbocycles. The number of nitrogens with zero attached hydrogens (tertiary/aromatic N) is 1. The Morgan fingerprint density at radius 3 is 2.68 bits per heavy atom. The molecule has 1 aromatic rings. The minimum absolute atomic E-state index is 0.121. The maximum atomic E-state index is 11.5. The normalized spacial score (nSPS) is 16.3. The first kappa shape index (κ1) is 14.0. The summed E-state index contributed by atoms with van der Waals surface area (Å²) in [7, 11) is 0. The van der Waals surface area contributed by atoms with E-state index in [2.05, 4.69) is 0 Å². The summed E-state index contributed by atoms with van der Waals surface area (Å²) in [6.45, 7) is 2.86. The van der Waals surface area contributed by atoms with E-state index in [1.807, 2.05) is 0 Å². The highest BCUT2D eigenvalue weighted by atomic mass is 32.2. The lowest BCUT2D eigenvalue weighted by atomic mass is 10.1. The first-order valence-electron chi connectivity index (χ1n) is 6.11. The van der Waals surface area contributed by atoms with E-state index in [0.717, 1.165) is 31.0 Å². The molecule has 0 N–H and O–H groups in total. The van der Waals surface area contributed by atoms with Crippen LogP contribution in [0.2, 0.25) is 0 Å². The van der Waals surface area contributed by atoms with Crippen molar-refractivity contribution in [1.29, 1.82) is 0 Å². The molecule has 0 radical (unpaired) electrons. The van der Waals surface area contributed by atoms with E-state index in [-0.39, 0.29) is 17.0 Å². The number of carbonyl (C=O) groups excluding carboxylic acids is 1. The Labute approximate surface area is 115 Å². The topological polar surface area (TPSA) is 69.4 Å². The maximum absolute atomic E-state index is 11.5. The lowest BCUT2D eigenvalue weighted by molar-refractivity contribution is -0.385. The second-order valence-corrected chi connectivity index (χ2v) is 5.80. The first-order chi connectivity index (χ1) is 9.08. The SMILES string of the molecule is CC(=O)c1cc(SC2CCOCC2)ccc1[N+](=O)[O-]. The quantitative estimate of drug-likeness (QED) is 0.482. The van der Waals surface area contributed by atoms with E-state index >= 15 is 0 Å². The van der Waals surface area contributed by atoms with Gasteiger partial charge in [0.1, 0.15) is 0 Å². The lowest BCUT2D eigenvalue weighted by Crippen LogP contribution is -2.17. The summed E-state index contributed by atoms with van der Waals surface area (Å²) in [5.41, 5.74) is 0.0610. The van der Waals surface area contributed by atoms with Crippen molar-refractivity contribution < 1.29 is 14.5 Å². The van der Waals surface area contributed by atoms with Crippen molar-refractivity contribution in [2.45, 2.75) is 29.9 Å². The maximum Gasteiger partial charge on any atom is 0.280 e. The third kappa shape index (κ3) is 3.54. The van der Waals surface area contributed by atoms with Gasteiger partial charge in [0.05, 0.1) is 10.5 Å². The van der Waals surface area contributed by atoms with Crippen molar-refractivity contribution >= 4 is 23.2 Å². The number of benzene rings is 1. The molecule has 1 saturated heterocycles. The van der Waals surface area contributed by atoms with Crippen LogP contribution in [-0.4, -0.2) is 29.2 Å². The average Bonchev–Trinajstić information content (AvgIpc) is 2.39. The monoisotopic (exact) mass is 281 g/mol. The van der Waals surface area contributed by atoms with E-state index in [1.54, 1.807) is 23.9 Å². The van der Waals surface area contributed by atoms with E-state index in [9.17, 15) is 14.9 Å². The average molecular weight is 281 g/mol. The van der Waals surface area contributed by atoms with Gasteiger partial charge in [-0.15, -0.1) is 11.8 Å². The van der Waals surface area contributed by atoms with Gasteiger partial charge in [-0.05, 0) is 31.9 Å². The summed E-state index contributed by atoms with van der Waals surface area (Å²) in [6.07, 6.45) is 1.94. The summed E-state index contributed by atoms with van der Waals surface area (Å²) in [6, 6.07) is 4.75. The summed E-state index contributed by atoms with van der Waals surface area (Å²) in [4.78, 5) is 22.7. The molecule has 1 aromatic carbocycles. The molecule has 0 bridgehead atoms. The Bertz CT molecular complexity index is 497. The molecule has 5 nitrogen and oxygen atoms in total. The van der Waals surface area contributed by atoms with Crippen LogP contribution in [0.4, 0.5) is 5.69 Å². The highest BCUT2D eigenvalue weighted by molar-refractivity contribution is 8.00. The summed E-state index contributed by atoms with van der Waals surface area (Å²) in [5, 5.41) is 11.3. The smallest absolute Gasteiger partial charge is 0.280 e. The second kappa shape index (κ2) is 6.16. The van der Waals surface area contributed by atoms with Gasteiger partial charge in [-0.1, -0.05) is 0 Å². The van der Waals surface area contributed by atoms with Crippen molar-refractivity contribution in [1.82, 2.24) is 0 Å². The zero-order valence-electron chi connectivity index (χ0n) is 10.6. The molecule has 0 saturated carbocycles. The standard InChI is InChI=1S/C13H15NO4S/c1-9(15)12-8-11(2-3-13(12)14(16)17)19-10-4-6-18-7-5-10/h2-3,8,10H,4-7H2,1H3. The molecule has 2 rings (SSSR count). The van der Waals surface area contributed by atoms with Crippen LogP contribution in [-0.2, 0) is 4.74 Å². The van der Waals surface area contributed by atoms with Crippen LogP contribution in [0.5, 0.6) is 0 Å². The van der Waals surface area contributed by atoms with Gasteiger partial charge in [0.15, 0.2) is 5.78 Å². The zero-order chi connectivity index (χ0) is 13.8. The molecule has 0 aromatic heterocycles. The minimum Gasteiger partial charge on any atom is -0.381 e. The van der Waals surface area contributed by atoms with Gasteiger partial charge in [-0.2, -0.15) is 0 Å². The van der Waals surface area contributed by atoms with E-state index in [0.29, 0.717) is 5.25 Å². The fraction of sp³-hybridized carbons (Fsp3) is 0.462. The zero-order valence-corrected chi connectivity index (χ0v) is 11.4. The number of thioether (sulfide) groups is 1. The molecule has 0 amide bonds. The molecule has 1 aliphatic heterocycles. The molecule has 102 valence electrons. The van der Waals surface area contributed by atoms with E-state index in [4.69, 9.17) is 4.74 Å². The summed E-state index contributed by atoms with van der Waals surface area (Å²) < 4.78 is 5.29. The van der Waals surface area contributed by atoms with Crippen molar-refractivity contribution in [3.05, 3.63) is 33.9 Å². The summed E-state index contributed by atoms with van der Waals surface area (Å²) >= 11 is 1.66. The highest BCUT2D eigenvalue weighted by Crippen LogP contribution is 2.32. The number of nitro benzene ring substituents is 1. The molecule has 0 unspecified atom stereocenters. The summed E-state index contributed by atoms with van der Waals surface area (Å²) in [5.74, 6) is -0.277. The van der Waals surface area contributed by atoms with Gasteiger partial charge in [0, 0.05) is 29.4 Å². The highest BCUT2D eigenvalue weighted by Gasteiger charge is 2.20. The van der Waals surface area contributed by atoms with E-state index in [1.165, 1.54) is 13.0 Å². The molecular weight excluding hydrogens is 266 g/mol. The van der Waals surface area contributed by atoms with Crippen LogP contribution in [0.1, 0.15) is 30.1 Å². The molecule has 19 heavy (non-hydrogen) atoms. The Hall–Kier alpha value is -1.40. The molecule has 6 heteroatoms. The van der Waals surface area contributed by atoms with Gasteiger partial charge >= 0.3 is 0 Å². The third-order valence-electron chi connectivity index (χ3n) is 3.02. The van der Waals surface area contributed by atoms with Gasteiger partial charge < -0.3 is 4.74 Å². The van der Waals surface area contributed by atoms with Crippen LogP contribution in [0, 0.1) is 10.1 Å². The molecule has 1 fully saturated rings. The fourth-order valence-electron chi connectivity index (χ4n) is 2.02. The number of Topliss-reactive ketones (excluding diaryl/α,β-unsaturated/α-hetero) is 1. The van der Waals surface area contributed by atoms with Crippen LogP contribution in [0.3, 0.4) is 0 Å². The number of hydrogen-bond acceptors (Lipinski definition) is 5. The van der Waals surface area contributed by atoms with Crippen LogP contribution in [0.15, 0.2) is 23.1 Å². The Balaban J connectivity index is 2.20. The van der Waals surface area contributed by atoms with Crippen molar-refractivity contribution in [3.63, 3.8) is 0 Å². The van der Waals surface area contributed by atoms with Gasteiger partial charge in [0.25, 0.3) is 5.69 Å². The Morgan fingerprint density at radius 1 is 1.42 bits per heavy atom. The number of ether oxygens (including phenoxy) is 1. The second-order valence-electron chi connectivity index (χ2n) is 4.42. The van der Waals surface area contributed by atoms with Crippen molar-refractivity contribution in [3.8, 4) is 0 Å². The molecule has 1 aliphatic rings. The Kier molecular flexibility index (Phi) is 4.55. The van der Waals surface area contributed by atoms with Crippen LogP contribution in [0.25, 0.3) is 0 Å². The first-order valence-corrected chi connectivity index (χ1v) is 6.99. The number of ketones is 1. The predicted molar refractivity (Wildman–Crippen MR) is 72.8 cm³/mol. The molecule has 0 spiro atoms. The minimum atomic E-state index is -0.514. The fourth-order valence-corrected chi connectivity index (χ4v) is 3.16. The largest absolute Gasteiger partial charge is 0.381 e. The number of rotatable bonds is 4. The van der Waals surface area contributed by atoms with Gasteiger partial charge in [0.2, 0.25) is 0 Å². The molecule has 0 atom stereocenters. The van der Waals surface area contributed by atoms with Crippen LogP contribution >= 0.6 is 11.8 Å². The Morgan fingerprint density at radius 2 is 2.11 bits per heavy atom. The number of carbonyl (C=O) groups is 1. The lowest BCUT2D eigenvalue weighted by Gasteiger charge is -2.21. The van der Waals surface area contributed by atoms with Crippen molar-refractivity contribution in [2.75, 3.05) is 13.2 Å². The van der Waals surface area contributed by atoms with Crippen LogP contribution < -0.4 is 0 Å². The van der Waals surface area contributed by atoms with E-state index < -0.39 is 4.92 Å².